The lowest BCUT2D eigenvalue weighted by atomic mass is 9.78. The Labute approximate surface area is 209 Å². The van der Waals surface area contributed by atoms with Gasteiger partial charge in [0.15, 0.2) is 0 Å². The SMILES string of the molecule is Cc1cc(C(C)(C)C)c(O)c(-c2c(C)c(C)cc(C(C)(C)C)c2OPOC2CCCCC2)c1C. The average molecular weight is 485 g/mol. The van der Waals surface area contributed by atoms with Gasteiger partial charge in [0.2, 0.25) is 9.03 Å². The number of rotatable bonds is 5. The number of phenolic OH excluding ortho intramolecular Hbond substituents is 1. The Hall–Kier alpha value is -1.57. The minimum absolute atomic E-state index is 0.0541. The van der Waals surface area contributed by atoms with Crippen molar-refractivity contribution in [3.63, 3.8) is 0 Å². The summed E-state index contributed by atoms with van der Waals surface area (Å²) in [6.45, 7) is 21.7. The highest BCUT2D eigenvalue weighted by atomic mass is 31.1. The maximum absolute atomic E-state index is 11.7. The molecular formula is C30H45O3P. The van der Waals surface area contributed by atoms with Crippen molar-refractivity contribution in [2.75, 3.05) is 0 Å². The van der Waals surface area contributed by atoms with Crippen LogP contribution in [0.15, 0.2) is 12.1 Å². The van der Waals surface area contributed by atoms with E-state index in [1.54, 1.807) is 0 Å². The first-order chi connectivity index (χ1) is 15.7. The van der Waals surface area contributed by atoms with Gasteiger partial charge in [0.25, 0.3) is 0 Å². The Morgan fingerprint density at radius 3 is 1.79 bits per heavy atom. The molecule has 1 N–H and O–H groups in total. The van der Waals surface area contributed by atoms with E-state index in [4.69, 9.17) is 9.05 Å². The molecule has 0 bridgehead atoms. The molecule has 0 aliphatic heterocycles. The molecule has 0 radical (unpaired) electrons. The first-order valence-corrected chi connectivity index (χ1v) is 13.6. The lowest BCUT2D eigenvalue weighted by molar-refractivity contribution is 0.166. The van der Waals surface area contributed by atoms with Gasteiger partial charge in [-0.3, -0.25) is 0 Å². The maximum Gasteiger partial charge on any atom is 0.215 e. The summed E-state index contributed by atoms with van der Waals surface area (Å²) in [4.78, 5) is 0. The normalized spacial score (nSPS) is 15.9. The number of aromatic hydroxyl groups is 1. The van der Waals surface area contributed by atoms with Crippen LogP contribution in [0.3, 0.4) is 0 Å². The van der Waals surface area contributed by atoms with E-state index in [9.17, 15) is 5.11 Å². The van der Waals surface area contributed by atoms with E-state index >= 15 is 0 Å². The fraction of sp³-hybridized carbons (Fsp3) is 0.600. The first-order valence-electron chi connectivity index (χ1n) is 12.8. The number of hydrogen-bond acceptors (Lipinski definition) is 3. The van der Waals surface area contributed by atoms with Crippen LogP contribution in [-0.2, 0) is 15.4 Å². The van der Waals surface area contributed by atoms with Crippen LogP contribution in [0.2, 0.25) is 0 Å². The molecule has 3 rings (SSSR count). The Bertz CT molecular complexity index is 1030. The molecule has 2 aromatic rings. The molecule has 2 aromatic carbocycles. The monoisotopic (exact) mass is 484 g/mol. The Balaban J connectivity index is 2.22. The van der Waals surface area contributed by atoms with Crippen molar-refractivity contribution in [1.29, 1.82) is 0 Å². The highest BCUT2D eigenvalue weighted by molar-refractivity contribution is 7.26. The summed E-state index contributed by atoms with van der Waals surface area (Å²) in [6, 6.07) is 4.39. The molecule has 1 saturated carbocycles. The highest BCUT2D eigenvalue weighted by Gasteiger charge is 2.30. The van der Waals surface area contributed by atoms with E-state index in [2.05, 4.69) is 81.4 Å². The summed E-state index contributed by atoms with van der Waals surface area (Å²) < 4.78 is 12.8. The van der Waals surface area contributed by atoms with Crippen LogP contribution in [0.25, 0.3) is 11.1 Å². The average Bonchev–Trinajstić information content (AvgIpc) is 2.74. The fourth-order valence-electron chi connectivity index (χ4n) is 4.95. The van der Waals surface area contributed by atoms with Gasteiger partial charge in [-0.1, -0.05) is 72.9 Å². The summed E-state index contributed by atoms with van der Waals surface area (Å²) in [7, 11) is -0.0541. The minimum atomic E-state index is -0.172. The second-order valence-electron chi connectivity index (χ2n) is 12.2. The van der Waals surface area contributed by atoms with Gasteiger partial charge in [0.1, 0.15) is 11.5 Å². The zero-order chi connectivity index (χ0) is 25.4. The second-order valence-corrected chi connectivity index (χ2v) is 12.8. The van der Waals surface area contributed by atoms with E-state index in [1.807, 2.05) is 0 Å². The molecule has 188 valence electrons. The van der Waals surface area contributed by atoms with Crippen molar-refractivity contribution in [3.8, 4) is 22.6 Å². The molecule has 1 unspecified atom stereocenters. The van der Waals surface area contributed by atoms with Gasteiger partial charge in [-0.15, -0.1) is 0 Å². The Morgan fingerprint density at radius 2 is 1.26 bits per heavy atom. The molecule has 0 saturated heterocycles. The molecule has 0 heterocycles. The molecule has 1 aliphatic rings. The quantitative estimate of drug-likeness (QED) is 0.430. The zero-order valence-corrected chi connectivity index (χ0v) is 24.0. The molecule has 3 nitrogen and oxygen atoms in total. The number of aryl methyl sites for hydroxylation is 2. The van der Waals surface area contributed by atoms with Gasteiger partial charge in [-0.2, -0.15) is 0 Å². The molecular weight excluding hydrogens is 439 g/mol. The van der Waals surface area contributed by atoms with Crippen LogP contribution < -0.4 is 4.52 Å². The smallest absolute Gasteiger partial charge is 0.215 e. The number of benzene rings is 2. The van der Waals surface area contributed by atoms with Gasteiger partial charge < -0.3 is 14.2 Å². The van der Waals surface area contributed by atoms with Crippen molar-refractivity contribution in [1.82, 2.24) is 0 Å². The lowest BCUT2D eigenvalue weighted by Gasteiger charge is -2.30. The van der Waals surface area contributed by atoms with Crippen molar-refractivity contribution < 1.29 is 14.2 Å². The Kier molecular flexibility index (Phi) is 8.10. The lowest BCUT2D eigenvalue weighted by Crippen LogP contribution is -2.16. The third-order valence-corrected chi connectivity index (χ3v) is 8.11. The largest absolute Gasteiger partial charge is 0.507 e. The van der Waals surface area contributed by atoms with Gasteiger partial charge >= 0.3 is 0 Å². The van der Waals surface area contributed by atoms with Crippen molar-refractivity contribution in [2.45, 2.75) is 118 Å². The summed E-state index contributed by atoms with van der Waals surface area (Å²) in [5.41, 5.74) is 8.38. The van der Waals surface area contributed by atoms with Crippen molar-refractivity contribution in [2.24, 2.45) is 0 Å². The van der Waals surface area contributed by atoms with E-state index < -0.39 is 0 Å². The fourth-order valence-corrected chi connectivity index (χ4v) is 5.67. The van der Waals surface area contributed by atoms with Crippen LogP contribution in [0.4, 0.5) is 0 Å². The molecule has 1 fully saturated rings. The van der Waals surface area contributed by atoms with Crippen LogP contribution in [-0.4, -0.2) is 11.2 Å². The van der Waals surface area contributed by atoms with E-state index in [-0.39, 0.29) is 19.9 Å². The van der Waals surface area contributed by atoms with E-state index in [0.29, 0.717) is 11.9 Å². The van der Waals surface area contributed by atoms with Crippen LogP contribution in [0, 0.1) is 27.7 Å². The van der Waals surface area contributed by atoms with Crippen molar-refractivity contribution in [3.05, 3.63) is 45.5 Å². The minimum Gasteiger partial charge on any atom is -0.507 e. The molecule has 0 aromatic heterocycles. The second kappa shape index (κ2) is 10.2. The third kappa shape index (κ3) is 5.63. The van der Waals surface area contributed by atoms with Gasteiger partial charge in [-0.05, 0) is 73.6 Å². The van der Waals surface area contributed by atoms with Gasteiger partial charge in [0, 0.05) is 22.3 Å². The molecule has 34 heavy (non-hydrogen) atoms. The molecule has 1 atom stereocenters. The standard InChI is InChI=1S/C30H45O3P/c1-18-16-23(29(5,6)7)27(31)25(20(18)3)26-21(4)19(2)17-24(30(8,9)10)28(26)33-34-32-22-14-12-11-13-15-22/h16-17,22,31,34H,11-15H2,1-10H3. The molecule has 0 amide bonds. The predicted molar refractivity (Wildman–Crippen MR) is 147 cm³/mol. The summed E-state index contributed by atoms with van der Waals surface area (Å²) in [5, 5.41) is 11.7. The predicted octanol–water partition coefficient (Wildman–Crippen LogP) is 9.12. The number of hydrogen-bond donors (Lipinski definition) is 1. The van der Waals surface area contributed by atoms with Gasteiger partial charge in [0.05, 0.1) is 6.10 Å². The molecule has 1 aliphatic carbocycles. The molecule has 0 spiro atoms. The Morgan fingerprint density at radius 1 is 0.765 bits per heavy atom. The zero-order valence-electron chi connectivity index (χ0n) is 23.0. The summed E-state index contributed by atoms with van der Waals surface area (Å²) >= 11 is 0. The van der Waals surface area contributed by atoms with E-state index in [1.165, 1.54) is 30.4 Å². The summed E-state index contributed by atoms with van der Waals surface area (Å²) in [6.07, 6.45) is 6.32. The van der Waals surface area contributed by atoms with E-state index in [0.717, 1.165) is 52.0 Å². The van der Waals surface area contributed by atoms with Crippen molar-refractivity contribution >= 4 is 9.03 Å². The van der Waals surface area contributed by atoms with Crippen LogP contribution >= 0.6 is 9.03 Å². The highest BCUT2D eigenvalue weighted by Crippen LogP contribution is 2.51. The molecule has 4 heteroatoms. The topological polar surface area (TPSA) is 38.7 Å². The third-order valence-electron chi connectivity index (χ3n) is 7.40. The first kappa shape index (κ1) is 27.0. The summed E-state index contributed by atoms with van der Waals surface area (Å²) in [5.74, 6) is 1.22. The van der Waals surface area contributed by atoms with Gasteiger partial charge in [-0.25, -0.2) is 0 Å². The van der Waals surface area contributed by atoms with Crippen LogP contribution in [0.5, 0.6) is 11.5 Å². The van der Waals surface area contributed by atoms with Crippen LogP contribution in [0.1, 0.15) is 107 Å². The number of phenols is 1. The maximum atomic E-state index is 11.7.